The summed E-state index contributed by atoms with van der Waals surface area (Å²) in [7, 11) is 0. The fourth-order valence-electron chi connectivity index (χ4n) is 5.07. The molecule has 1 nitrogen and oxygen atoms in total. The van der Waals surface area contributed by atoms with Crippen LogP contribution in [0.25, 0.3) is 0 Å². The van der Waals surface area contributed by atoms with Crippen molar-refractivity contribution in [3.8, 4) is 0 Å². The van der Waals surface area contributed by atoms with E-state index < -0.39 is 0 Å². The molecule has 0 saturated heterocycles. The molecule has 0 spiro atoms. The maximum Gasteiger partial charge on any atom is -0.00436 e. The third kappa shape index (κ3) is 1.84. The minimum Gasteiger partial charge on any atom is -0.317 e. The summed E-state index contributed by atoms with van der Waals surface area (Å²) in [5.74, 6) is 3.32. The first-order valence-electron chi connectivity index (χ1n) is 6.80. The van der Waals surface area contributed by atoms with Crippen LogP contribution in [-0.2, 0) is 0 Å². The largest absolute Gasteiger partial charge is 0.317 e. The molecule has 0 aromatic heterocycles. The van der Waals surface area contributed by atoms with Gasteiger partial charge in [-0.1, -0.05) is 0 Å². The Hall–Kier alpha value is -0.0400. The lowest BCUT2D eigenvalue weighted by Crippen LogP contribution is -2.47. The topological polar surface area (TPSA) is 12.0 Å². The predicted molar refractivity (Wildman–Crippen MR) is 63.4 cm³/mol. The van der Waals surface area contributed by atoms with Gasteiger partial charge in [0, 0.05) is 0 Å². The minimum absolute atomic E-state index is 0.761. The standard InChI is InChI=1S/C14H24N/c1-2-15-4-3-14-8-11-5-12(9-14)7-13(6-11)10-14/h11-13,15H,1-10H2. The molecule has 4 saturated carbocycles. The first kappa shape index (κ1) is 10.1. The Morgan fingerprint density at radius 2 is 1.53 bits per heavy atom. The van der Waals surface area contributed by atoms with Gasteiger partial charge in [0.1, 0.15) is 0 Å². The first-order chi connectivity index (χ1) is 7.30. The fraction of sp³-hybridized carbons (Fsp3) is 0.929. The van der Waals surface area contributed by atoms with Gasteiger partial charge in [-0.15, -0.1) is 0 Å². The summed E-state index contributed by atoms with van der Waals surface area (Å²) in [6.45, 7) is 5.96. The van der Waals surface area contributed by atoms with Crippen molar-refractivity contribution in [2.75, 3.05) is 13.1 Å². The van der Waals surface area contributed by atoms with Crippen molar-refractivity contribution in [1.29, 1.82) is 0 Å². The molecule has 0 aromatic rings. The molecule has 0 unspecified atom stereocenters. The molecule has 4 bridgehead atoms. The Morgan fingerprint density at radius 1 is 1.00 bits per heavy atom. The Labute approximate surface area is 94.0 Å². The van der Waals surface area contributed by atoms with Crippen LogP contribution in [0, 0.1) is 30.1 Å². The zero-order chi connectivity index (χ0) is 10.3. The van der Waals surface area contributed by atoms with Gasteiger partial charge in [0.2, 0.25) is 0 Å². The Balaban J connectivity index is 1.65. The maximum absolute atomic E-state index is 3.86. The predicted octanol–water partition coefficient (Wildman–Crippen LogP) is 3.02. The van der Waals surface area contributed by atoms with Crippen molar-refractivity contribution in [2.24, 2.45) is 23.2 Å². The van der Waals surface area contributed by atoms with E-state index in [0.29, 0.717) is 0 Å². The van der Waals surface area contributed by atoms with Gasteiger partial charge in [-0.2, -0.15) is 0 Å². The van der Waals surface area contributed by atoms with Crippen molar-refractivity contribution in [3.05, 3.63) is 6.92 Å². The number of nitrogens with one attached hydrogen (secondary N) is 1. The average molecular weight is 206 g/mol. The molecule has 85 valence electrons. The molecule has 4 fully saturated rings. The van der Waals surface area contributed by atoms with Crippen LogP contribution < -0.4 is 5.32 Å². The monoisotopic (exact) mass is 206 g/mol. The molecule has 4 aliphatic rings. The van der Waals surface area contributed by atoms with Crippen molar-refractivity contribution in [3.63, 3.8) is 0 Å². The smallest absolute Gasteiger partial charge is 0.00436 e. The van der Waals surface area contributed by atoms with Gasteiger partial charge < -0.3 is 5.32 Å². The highest BCUT2D eigenvalue weighted by molar-refractivity contribution is 5.01. The zero-order valence-corrected chi connectivity index (χ0v) is 9.80. The lowest BCUT2D eigenvalue weighted by Gasteiger charge is -2.57. The Morgan fingerprint density at radius 3 is 2.00 bits per heavy atom. The van der Waals surface area contributed by atoms with E-state index in [9.17, 15) is 0 Å². The van der Waals surface area contributed by atoms with Gasteiger partial charge >= 0.3 is 0 Å². The van der Waals surface area contributed by atoms with Gasteiger partial charge in [0.15, 0.2) is 0 Å². The van der Waals surface area contributed by atoms with Crippen LogP contribution in [0.5, 0.6) is 0 Å². The van der Waals surface area contributed by atoms with Crippen LogP contribution in [0.1, 0.15) is 44.9 Å². The van der Waals surface area contributed by atoms with E-state index in [-0.39, 0.29) is 0 Å². The third-order valence-electron chi connectivity index (χ3n) is 5.17. The second-order valence-electron chi connectivity index (χ2n) is 6.42. The van der Waals surface area contributed by atoms with E-state index in [1.165, 1.54) is 13.0 Å². The summed E-state index contributed by atoms with van der Waals surface area (Å²) in [6.07, 6.45) is 10.8. The summed E-state index contributed by atoms with van der Waals surface area (Å²) in [5, 5.41) is 3.41. The van der Waals surface area contributed by atoms with Gasteiger partial charge in [-0.25, -0.2) is 0 Å². The molecule has 0 amide bonds. The second-order valence-corrected chi connectivity index (χ2v) is 6.42. The molecule has 4 aliphatic carbocycles. The quantitative estimate of drug-likeness (QED) is 0.697. The van der Waals surface area contributed by atoms with Crippen molar-refractivity contribution in [2.45, 2.75) is 44.9 Å². The molecule has 4 rings (SSSR count). The highest BCUT2D eigenvalue weighted by Gasteiger charge is 2.50. The van der Waals surface area contributed by atoms with Gasteiger partial charge in [0.05, 0.1) is 0 Å². The molecule has 1 N–H and O–H groups in total. The van der Waals surface area contributed by atoms with Crippen LogP contribution in [0.15, 0.2) is 0 Å². The van der Waals surface area contributed by atoms with Crippen LogP contribution in [0.2, 0.25) is 0 Å². The molecule has 0 aliphatic heterocycles. The van der Waals surface area contributed by atoms with Crippen molar-refractivity contribution >= 4 is 0 Å². The van der Waals surface area contributed by atoms with Crippen LogP contribution in [0.3, 0.4) is 0 Å². The molecule has 1 heteroatoms. The maximum atomic E-state index is 3.86. The summed E-state index contributed by atoms with van der Waals surface area (Å²) in [5.41, 5.74) is 0.761. The summed E-state index contributed by atoms with van der Waals surface area (Å²) >= 11 is 0. The lowest BCUT2D eigenvalue weighted by molar-refractivity contribution is -0.0566. The van der Waals surface area contributed by atoms with Crippen molar-refractivity contribution < 1.29 is 0 Å². The molecule has 0 heterocycles. The van der Waals surface area contributed by atoms with E-state index in [0.717, 1.165) is 29.7 Å². The molecular formula is C14H24N. The first-order valence-corrected chi connectivity index (χ1v) is 6.80. The summed E-state index contributed by atoms with van der Waals surface area (Å²) in [6, 6.07) is 0. The van der Waals surface area contributed by atoms with E-state index >= 15 is 0 Å². The zero-order valence-electron chi connectivity index (χ0n) is 9.80. The van der Waals surface area contributed by atoms with Crippen LogP contribution in [0.4, 0.5) is 0 Å². The normalized spacial score (nSPS) is 47.4. The van der Waals surface area contributed by atoms with E-state index in [1.54, 1.807) is 38.5 Å². The van der Waals surface area contributed by atoms with Gasteiger partial charge in [-0.05, 0) is 88.1 Å². The average Bonchev–Trinajstić information content (AvgIpc) is 2.15. The number of hydrogen-bond donors (Lipinski definition) is 1. The highest BCUT2D eigenvalue weighted by atomic mass is 14.8. The van der Waals surface area contributed by atoms with E-state index in [2.05, 4.69) is 12.2 Å². The van der Waals surface area contributed by atoms with Crippen LogP contribution in [-0.4, -0.2) is 13.1 Å². The SMILES string of the molecule is [CH2]CNCCC12CC3CC(CC(C3)C1)C2. The molecule has 1 radical (unpaired) electrons. The fourth-order valence-corrected chi connectivity index (χ4v) is 5.07. The Bertz CT molecular complexity index is 198. The van der Waals surface area contributed by atoms with E-state index in [4.69, 9.17) is 0 Å². The van der Waals surface area contributed by atoms with Crippen molar-refractivity contribution in [1.82, 2.24) is 5.32 Å². The highest BCUT2D eigenvalue weighted by Crippen LogP contribution is 2.61. The lowest BCUT2D eigenvalue weighted by atomic mass is 9.49. The van der Waals surface area contributed by atoms with Gasteiger partial charge in [0.25, 0.3) is 0 Å². The Kier molecular flexibility index (Phi) is 2.54. The molecule has 0 atom stereocenters. The minimum atomic E-state index is 0.761. The van der Waals surface area contributed by atoms with E-state index in [1.807, 2.05) is 0 Å². The number of hydrogen-bond acceptors (Lipinski definition) is 1. The molecule has 15 heavy (non-hydrogen) atoms. The number of rotatable bonds is 4. The van der Waals surface area contributed by atoms with Gasteiger partial charge in [-0.3, -0.25) is 0 Å². The third-order valence-corrected chi connectivity index (χ3v) is 5.17. The molecular weight excluding hydrogens is 182 g/mol. The van der Waals surface area contributed by atoms with Crippen LogP contribution >= 0.6 is 0 Å². The second kappa shape index (κ2) is 3.76. The molecule has 0 aromatic carbocycles. The summed E-state index contributed by atoms with van der Waals surface area (Å²) < 4.78 is 0. The summed E-state index contributed by atoms with van der Waals surface area (Å²) in [4.78, 5) is 0.